The fraction of sp³-hybridized carbons (Fsp3) is 0.500. The second-order valence-electron chi connectivity index (χ2n) is 3.80. The van der Waals surface area contributed by atoms with Crippen LogP contribution in [0.2, 0.25) is 0 Å². The predicted octanol–water partition coefficient (Wildman–Crippen LogP) is 2.65. The van der Waals surface area contributed by atoms with Gasteiger partial charge in [-0.15, -0.1) is 0 Å². The highest BCUT2D eigenvalue weighted by atomic mass is 19.2. The third kappa shape index (κ3) is 3.25. The Kier molecular flexibility index (Phi) is 4.83. The number of methoxy groups -OCH3 is 1. The summed E-state index contributed by atoms with van der Waals surface area (Å²) >= 11 is 0. The van der Waals surface area contributed by atoms with Gasteiger partial charge in [0.2, 0.25) is 0 Å². The number of benzene rings is 1. The first kappa shape index (κ1) is 13.1. The van der Waals surface area contributed by atoms with Gasteiger partial charge in [0.1, 0.15) is 0 Å². The molecule has 1 rings (SSSR count). The molecule has 90 valence electrons. The van der Waals surface area contributed by atoms with E-state index < -0.39 is 11.6 Å². The molecule has 0 aromatic heterocycles. The topological polar surface area (TPSA) is 21.3 Å². The summed E-state index contributed by atoms with van der Waals surface area (Å²) in [6.07, 6.45) is 0.767. The van der Waals surface area contributed by atoms with E-state index in [2.05, 4.69) is 5.32 Å². The molecule has 2 nitrogen and oxygen atoms in total. The fourth-order valence-corrected chi connectivity index (χ4v) is 1.58. The van der Waals surface area contributed by atoms with Gasteiger partial charge in [-0.05, 0) is 38.1 Å². The van der Waals surface area contributed by atoms with Crippen molar-refractivity contribution in [1.82, 2.24) is 5.32 Å². The van der Waals surface area contributed by atoms with Crippen molar-refractivity contribution in [2.75, 3.05) is 14.2 Å². The van der Waals surface area contributed by atoms with E-state index in [-0.39, 0.29) is 12.1 Å². The number of hydrogen-bond acceptors (Lipinski definition) is 2. The van der Waals surface area contributed by atoms with E-state index in [0.29, 0.717) is 6.42 Å². The largest absolute Gasteiger partial charge is 0.382 e. The van der Waals surface area contributed by atoms with Crippen LogP contribution in [0, 0.1) is 11.6 Å². The molecule has 0 bridgehead atoms. The lowest BCUT2D eigenvalue weighted by Gasteiger charge is -2.20. The van der Waals surface area contributed by atoms with Crippen LogP contribution in [0.5, 0.6) is 0 Å². The standard InChI is InChI=1S/C12H17F2NO/c1-8(16-3)6-12(15-2)9-4-5-10(13)11(14)7-9/h4-5,7-8,12,15H,6H2,1-3H3. The van der Waals surface area contributed by atoms with Crippen molar-refractivity contribution in [3.63, 3.8) is 0 Å². The Balaban J connectivity index is 2.82. The van der Waals surface area contributed by atoms with Crippen LogP contribution >= 0.6 is 0 Å². The first-order valence-electron chi connectivity index (χ1n) is 5.23. The molecule has 0 saturated carbocycles. The average molecular weight is 229 g/mol. The quantitative estimate of drug-likeness (QED) is 0.838. The molecule has 16 heavy (non-hydrogen) atoms. The molecule has 0 saturated heterocycles. The van der Waals surface area contributed by atoms with Crippen LogP contribution in [0.15, 0.2) is 18.2 Å². The van der Waals surface area contributed by atoms with Crippen LogP contribution in [0.4, 0.5) is 8.78 Å². The third-order valence-electron chi connectivity index (χ3n) is 2.66. The van der Waals surface area contributed by atoms with Gasteiger partial charge in [0, 0.05) is 13.2 Å². The SMILES string of the molecule is CNC(CC(C)OC)c1ccc(F)c(F)c1. The Hall–Kier alpha value is -1.00. The molecule has 2 unspecified atom stereocenters. The molecule has 0 spiro atoms. The molecule has 1 aromatic rings. The summed E-state index contributed by atoms with van der Waals surface area (Å²) < 4.78 is 31.0. The molecule has 0 radical (unpaired) electrons. The molecule has 1 aromatic carbocycles. The lowest BCUT2D eigenvalue weighted by atomic mass is 10.0. The Morgan fingerprint density at radius 2 is 2.00 bits per heavy atom. The first-order chi connectivity index (χ1) is 7.58. The lowest BCUT2D eigenvalue weighted by molar-refractivity contribution is 0.101. The summed E-state index contributed by atoms with van der Waals surface area (Å²) in [5.41, 5.74) is 0.727. The van der Waals surface area contributed by atoms with Gasteiger partial charge in [0.15, 0.2) is 11.6 Å². The number of nitrogens with one attached hydrogen (secondary N) is 1. The van der Waals surface area contributed by atoms with Crippen molar-refractivity contribution in [1.29, 1.82) is 0 Å². The molecular formula is C12H17F2NO. The minimum atomic E-state index is -0.821. The average Bonchev–Trinajstić information content (AvgIpc) is 2.29. The molecular weight excluding hydrogens is 212 g/mol. The molecule has 4 heteroatoms. The van der Waals surface area contributed by atoms with Gasteiger partial charge < -0.3 is 10.1 Å². The normalized spacial score (nSPS) is 14.8. The zero-order valence-corrected chi connectivity index (χ0v) is 9.76. The Morgan fingerprint density at radius 3 is 2.50 bits per heavy atom. The van der Waals surface area contributed by atoms with Crippen LogP contribution in [0.25, 0.3) is 0 Å². The monoisotopic (exact) mass is 229 g/mol. The third-order valence-corrected chi connectivity index (χ3v) is 2.66. The van der Waals surface area contributed by atoms with E-state index in [0.717, 1.165) is 11.6 Å². The van der Waals surface area contributed by atoms with Gasteiger partial charge in [-0.3, -0.25) is 0 Å². The molecule has 1 N–H and O–H groups in total. The highest BCUT2D eigenvalue weighted by molar-refractivity contribution is 5.21. The summed E-state index contributed by atoms with van der Waals surface area (Å²) in [5, 5.41) is 3.06. The van der Waals surface area contributed by atoms with Crippen LogP contribution in [-0.2, 0) is 4.74 Å². The molecule has 0 amide bonds. The smallest absolute Gasteiger partial charge is 0.159 e. The van der Waals surface area contributed by atoms with E-state index in [9.17, 15) is 8.78 Å². The summed E-state index contributed by atoms with van der Waals surface area (Å²) in [4.78, 5) is 0. The number of hydrogen-bond donors (Lipinski definition) is 1. The summed E-state index contributed by atoms with van der Waals surface area (Å²) in [6.45, 7) is 1.93. The van der Waals surface area contributed by atoms with Crippen LogP contribution < -0.4 is 5.32 Å². The molecule has 0 aliphatic heterocycles. The number of rotatable bonds is 5. The first-order valence-corrected chi connectivity index (χ1v) is 5.23. The van der Waals surface area contributed by atoms with Gasteiger partial charge in [0.25, 0.3) is 0 Å². The van der Waals surface area contributed by atoms with Gasteiger partial charge in [-0.25, -0.2) is 8.78 Å². The molecule has 0 aliphatic carbocycles. The van der Waals surface area contributed by atoms with Crippen LogP contribution in [-0.4, -0.2) is 20.3 Å². The maximum Gasteiger partial charge on any atom is 0.159 e. The summed E-state index contributed by atoms with van der Waals surface area (Å²) in [7, 11) is 3.41. The highest BCUT2D eigenvalue weighted by Crippen LogP contribution is 2.21. The van der Waals surface area contributed by atoms with E-state index in [1.807, 2.05) is 6.92 Å². The van der Waals surface area contributed by atoms with Crippen molar-refractivity contribution >= 4 is 0 Å². The fourth-order valence-electron chi connectivity index (χ4n) is 1.58. The Bertz CT molecular complexity index is 344. The second-order valence-corrected chi connectivity index (χ2v) is 3.80. The maximum absolute atomic E-state index is 13.1. The summed E-state index contributed by atoms with van der Waals surface area (Å²) in [6, 6.07) is 3.91. The lowest BCUT2D eigenvalue weighted by Crippen LogP contribution is -2.22. The van der Waals surface area contributed by atoms with E-state index in [1.54, 1.807) is 20.2 Å². The van der Waals surface area contributed by atoms with Gasteiger partial charge in [-0.2, -0.15) is 0 Å². The van der Waals surface area contributed by atoms with Crippen molar-refractivity contribution in [2.45, 2.75) is 25.5 Å². The molecule has 0 fully saturated rings. The van der Waals surface area contributed by atoms with E-state index in [4.69, 9.17) is 4.74 Å². The maximum atomic E-state index is 13.1. The zero-order chi connectivity index (χ0) is 12.1. The van der Waals surface area contributed by atoms with Crippen molar-refractivity contribution in [3.05, 3.63) is 35.4 Å². The molecule has 0 aliphatic rings. The van der Waals surface area contributed by atoms with Crippen LogP contribution in [0.3, 0.4) is 0 Å². The van der Waals surface area contributed by atoms with Gasteiger partial charge in [-0.1, -0.05) is 6.07 Å². The van der Waals surface area contributed by atoms with Crippen molar-refractivity contribution in [2.24, 2.45) is 0 Å². The minimum Gasteiger partial charge on any atom is -0.382 e. The number of ether oxygens (including phenoxy) is 1. The highest BCUT2D eigenvalue weighted by Gasteiger charge is 2.14. The number of halogens is 2. The Labute approximate surface area is 94.6 Å². The molecule has 0 heterocycles. The van der Waals surface area contributed by atoms with E-state index >= 15 is 0 Å². The van der Waals surface area contributed by atoms with Crippen molar-refractivity contribution in [3.8, 4) is 0 Å². The van der Waals surface area contributed by atoms with Crippen LogP contribution in [0.1, 0.15) is 24.9 Å². The second kappa shape index (κ2) is 5.92. The van der Waals surface area contributed by atoms with Crippen molar-refractivity contribution < 1.29 is 13.5 Å². The predicted molar refractivity (Wildman–Crippen MR) is 59.2 cm³/mol. The van der Waals surface area contributed by atoms with E-state index in [1.165, 1.54) is 6.07 Å². The zero-order valence-electron chi connectivity index (χ0n) is 9.76. The molecule has 2 atom stereocenters. The Morgan fingerprint density at radius 1 is 1.31 bits per heavy atom. The minimum absolute atomic E-state index is 0.0370. The van der Waals surface area contributed by atoms with Gasteiger partial charge >= 0.3 is 0 Å². The summed E-state index contributed by atoms with van der Waals surface area (Å²) in [5.74, 6) is -1.64. The van der Waals surface area contributed by atoms with Gasteiger partial charge in [0.05, 0.1) is 6.10 Å².